The Labute approximate surface area is 103 Å². The molecule has 2 nitrogen and oxygen atoms in total. The maximum absolute atomic E-state index is 11.7. The SMILES string of the molecule is C=CC[C@H](Cc1ccccc1)NC(=O)C1CC1. The zero-order chi connectivity index (χ0) is 12.1. The van der Waals surface area contributed by atoms with Gasteiger partial charge in [0.25, 0.3) is 0 Å². The number of rotatable bonds is 6. The van der Waals surface area contributed by atoms with Crippen LogP contribution in [0.25, 0.3) is 0 Å². The van der Waals surface area contributed by atoms with Crippen molar-refractivity contribution in [1.29, 1.82) is 0 Å². The Balaban J connectivity index is 1.91. The van der Waals surface area contributed by atoms with Crippen LogP contribution >= 0.6 is 0 Å². The summed E-state index contributed by atoms with van der Waals surface area (Å²) in [5.41, 5.74) is 1.26. The molecule has 2 rings (SSSR count). The van der Waals surface area contributed by atoms with Crippen molar-refractivity contribution in [3.05, 3.63) is 48.6 Å². The highest BCUT2D eigenvalue weighted by Crippen LogP contribution is 2.29. The van der Waals surface area contributed by atoms with Crippen LogP contribution in [0.2, 0.25) is 0 Å². The number of hydrogen-bond donors (Lipinski definition) is 1. The van der Waals surface area contributed by atoms with Gasteiger partial charge in [-0.15, -0.1) is 6.58 Å². The van der Waals surface area contributed by atoms with E-state index in [4.69, 9.17) is 0 Å². The molecule has 0 spiro atoms. The van der Waals surface area contributed by atoms with Crippen LogP contribution in [0, 0.1) is 5.92 Å². The minimum absolute atomic E-state index is 0.183. The Bertz CT molecular complexity index is 381. The van der Waals surface area contributed by atoms with Crippen LogP contribution in [-0.4, -0.2) is 11.9 Å². The summed E-state index contributed by atoms with van der Waals surface area (Å²) >= 11 is 0. The number of nitrogens with one attached hydrogen (secondary N) is 1. The van der Waals surface area contributed by atoms with Crippen LogP contribution in [0.3, 0.4) is 0 Å². The first-order chi connectivity index (χ1) is 8.29. The van der Waals surface area contributed by atoms with Crippen LogP contribution in [0.5, 0.6) is 0 Å². The Kier molecular flexibility index (Phi) is 3.97. The number of hydrogen-bond acceptors (Lipinski definition) is 1. The average molecular weight is 229 g/mol. The predicted molar refractivity (Wildman–Crippen MR) is 69.6 cm³/mol. The van der Waals surface area contributed by atoms with E-state index in [1.54, 1.807) is 0 Å². The Morgan fingerprint density at radius 2 is 2.12 bits per heavy atom. The van der Waals surface area contributed by atoms with Crippen molar-refractivity contribution in [2.45, 2.75) is 31.7 Å². The van der Waals surface area contributed by atoms with E-state index in [0.29, 0.717) is 0 Å². The molecule has 90 valence electrons. The molecule has 1 saturated carbocycles. The monoisotopic (exact) mass is 229 g/mol. The van der Waals surface area contributed by atoms with Crippen molar-refractivity contribution in [2.75, 3.05) is 0 Å². The van der Waals surface area contributed by atoms with Gasteiger partial charge in [0.05, 0.1) is 0 Å². The van der Waals surface area contributed by atoms with Gasteiger partial charge in [0.2, 0.25) is 5.91 Å². The van der Waals surface area contributed by atoms with Crippen molar-refractivity contribution in [2.24, 2.45) is 5.92 Å². The summed E-state index contributed by atoms with van der Waals surface area (Å²) in [7, 11) is 0. The fourth-order valence-electron chi connectivity index (χ4n) is 1.96. The van der Waals surface area contributed by atoms with Gasteiger partial charge in [-0.25, -0.2) is 0 Å². The summed E-state index contributed by atoms with van der Waals surface area (Å²) < 4.78 is 0. The molecule has 1 atom stereocenters. The highest BCUT2D eigenvalue weighted by atomic mass is 16.2. The van der Waals surface area contributed by atoms with E-state index in [0.717, 1.165) is 25.7 Å². The Morgan fingerprint density at radius 1 is 1.41 bits per heavy atom. The molecule has 0 heterocycles. The quantitative estimate of drug-likeness (QED) is 0.747. The minimum Gasteiger partial charge on any atom is -0.352 e. The zero-order valence-corrected chi connectivity index (χ0v) is 10.1. The van der Waals surface area contributed by atoms with Crippen molar-refractivity contribution in [1.82, 2.24) is 5.32 Å². The third-order valence-corrected chi connectivity index (χ3v) is 3.07. The van der Waals surface area contributed by atoms with Crippen LogP contribution in [0.4, 0.5) is 0 Å². The van der Waals surface area contributed by atoms with Gasteiger partial charge in [0.1, 0.15) is 0 Å². The molecule has 1 aliphatic rings. The molecule has 0 unspecified atom stereocenters. The molecule has 1 aliphatic carbocycles. The van der Waals surface area contributed by atoms with E-state index in [1.165, 1.54) is 5.56 Å². The molecule has 1 aromatic rings. The second-order valence-corrected chi connectivity index (χ2v) is 4.69. The molecule has 1 aromatic carbocycles. The first kappa shape index (κ1) is 11.9. The van der Waals surface area contributed by atoms with Gasteiger partial charge in [-0.1, -0.05) is 36.4 Å². The number of amides is 1. The van der Waals surface area contributed by atoms with Crippen LogP contribution in [0.1, 0.15) is 24.8 Å². The molecule has 2 heteroatoms. The number of carbonyl (C=O) groups is 1. The molecule has 1 amide bonds. The van der Waals surface area contributed by atoms with Crippen molar-refractivity contribution in [3.63, 3.8) is 0 Å². The first-order valence-corrected chi connectivity index (χ1v) is 6.25. The average Bonchev–Trinajstić information content (AvgIpc) is 3.14. The second-order valence-electron chi connectivity index (χ2n) is 4.69. The third kappa shape index (κ3) is 3.74. The zero-order valence-electron chi connectivity index (χ0n) is 10.1. The summed E-state index contributed by atoms with van der Waals surface area (Å²) in [5, 5.41) is 3.12. The number of carbonyl (C=O) groups excluding carboxylic acids is 1. The van der Waals surface area contributed by atoms with E-state index in [-0.39, 0.29) is 17.9 Å². The highest BCUT2D eigenvalue weighted by molar-refractivity contribution is 5.81. The number of benzene rings is 1. The van der Waals surface area contributed by atoms with E-state index < -0.39 is 0 Å². The summed E-state index contributed by atoms with van der Waals surface area (Å²) in [6.45, 7) is 3.76. The standard InChI is InChI=1S/C15H19NO/c1-2-6-14(16-15(17)13-9-10-13)11-12-7-4-3-5-8-12/h2-5,7-8,13-14H,1,6,9-11H2,(H,16,17)/t14-/m1/s1. The van der Waals surface area contributed by atoms with Crippen molar-refractivity contribution >= 4 is 5.91 Å². The van der Waals surface area contributed by atoms with Gasteiger partial charge < -0.3 is 5.32 Å². The summed E-state index contributed by atoms with van der Waals surface area (Å²) in [6, 6.07) is 10.4. The van der Waals surface area contributed by atoms with E-state index in [1.807, 2.05) is 24.3 Å². The molecular weight excluding hydrogens is 210 g/mol. The minimum atomic E-state index is 0.183. The molecule has 1 fully saturated rings. The maximum Gasteiger partial charge on any atom is 0.223 e. The van der Waals surface area contributed by atoms with Crippen LogP contribution in [-0.2, 0) is 11.2 Å². The van der Waals surface area contributed by atoms with Gasteiger partial charge in [-0.2, -0.15) is 0 Å². The molecule has 0 saturated heterocycles. The molecule has 0 aromatic heterocycles. The van der Waals surface area contributed by atoms with Crippen molar-refractivity contribution < 1.29 is 4.79 Å². The highest BCUT2D eigenvalue weighted by Gasteiger charge is 2.30. The van der Waals surface area contributed by atoms with Crippen molar-refractivity contribution in [3.8, 4) is 0 Å². The third-order valence-electron chi connectivity index (χ3n) is 3.07. The Morgan fingerprint density at radius 3 is 2.71 bits per heavy atom. The van der Waals surface area contributed by atoms with Gasteiger partial charge in [0, 0.05) is 12.0 Å². The lowest BCUT2D eigenvalue weighted by molar-refractivity contribution is -0.122. The topological polar surface area (TPSA) is 29.1 Å². The molecule has 17 heavy (non-hydrogen) atoms. The lowest BCUT2D eigenvalue weighted by atomic mass is 10.0. The van der Waals surface area contributed by atoms with Gasteiger partial charge in [-0.3, -0.25) is 4.79 Å². The fraction of sp³-hybridized carbons (Fsp3) is 0.400. The molecular formula is C15H19NO. The van der Waals surface area contributed by atoms with Crippen LogP contribution in [0.15, 0.2) is 43.0 Å². The second kappa shape index (κ2) is 5.67. The van der Waals surface area contributed by atoms with Gasteiger partial charge in [0.15, 0.2) is 0 Å². The molecule has 0 bridgehead atoms. The normalized spacial score (nSPS) is 16.2. The van der Waals surface area contributed by atoms with E-state index in [9.17, 15) is 4.79 Å². The molecule has 0 aliphatic heterocycles. The smallest absolute Gasteiger partial charge is 0.223 e. The molecule has 0 radical (unpaired) electrons. The van der Waals surface area contributed by atoms with E-state index in [2.05, 4.69) is 24.0 Å². The van der Waals surface area contributed by atoms with E-state index >= 15 is 0 Å². The van der Waals surface area contributed by atoms with Crippen LogP contribution < -0.4 is 5.32 Å². The Hall–Kier alpha value is -1.57. The summed E-state index contributed by atoms with van der Waals surface area (Å²) in [4.78, 5) is 11.7. The lowest BCUT2D eigenvalue weighted by Crippen LogP contribution is -2.37. The molecule has 1 N–H and O–H groups in total. The van der Waals surface area contributed by atoms with Gasteiger partial charge in [-0.05, 0) is 31.2 Å². The largest absolute Gasteiger partial charge is 0.352 e. The fourth-order valence-corrected chi connectivity index (χ4v) is 1.96. The first-order valence-electron chi connectivity index (χ1n) is 6.25. The van der Waals surface area contributed by atoms with Gasteiger partial charge >= 0.3 is 0 Å². The lowest BCUT2D eigenvalue weighted by Gasteiger charge is -2.17. The maximum atomic E-state index is 11.7. The summed E-state index contributed by atoms with van der Waals surface area (Å²) in [5.74, 6) is 0.492. The summed E-state index contributed by atoms with van der Waals surface area (Å²) in [6.07, 6.45) is 5.69. The predicted octanol–water partition coefficient (Wildman–Crippen LogP) is 2.70.